The van der Waals surface area contributed by atoms with Gasteiger partial charge in [-0.1, -0.05) is 11.8 Å². The van der Waals surface area contributed by atoms with Gasteiger partial charge in [0.25, 0.3) is 0 Å². The molecule has 1 rings (SSSR count). The zero-order chi connectivity index (χ0) is 15.2. The topological polar surface area (TPSA) is 44.4 Å². The predicted molar refractivity (Wildman–Crippen MR) is 83.9 cm³/mol. The van der Waals surface area contributed by atoms with Crippen molar-refractivity contribution in [2.45, 2.75) is 26.3 Å². The number of carbonyl (C=O) groups is 1. The summed E-state index contributed by atoms with van der Waals surface area (Å²) >= 11 is 0. The fourth-order valence-electron chi connectivity index (χ4n) is 1.50. The van der Waals surface area contributed by atoms with Crippen LogP contribution in [0.3, 0.4) is 0 Å². The molecule has 0 aliphatic heterocycles. The molecule has 1 aromatic rings. The minimum Gasteiger partial charge on any atom is -0.378 e. The summed E-state index contributed by atoms with van der Waals surface area (Å²) in [5.41, 5.74) is 1.84. The lowest BCUT2D eigenvalue weighted by Crippen LogP contribution is -2.46. The molecule has 0 spiro atoms. The van der Waals surface area contributed by atoms with E-state index >= 15 is 0 Å². The Morgan fingerprint density at radius 1 is 1.20 bits per heavy atom. The maximum Gasteiger partial charge on any atom is 0.315 e. The maximum atomic E-state index is 11.5. The Labute approximate surface area is 121 Å². The normalized spacial score (nSPS) is 10.2. The van der Waals surface area contributed by atoms with Crippen molar-refractivity contribution < 1.29 is 4.79 Å². The van der Waals surface area contributed by atoms with Gasteiger partial charge in [-0.15, -0.1) is 0 Å². The third kappa shape index (κ3) is 6.14. The lowest BCUT2D eigenvalue weighted by molar-refractivity contribution is 0.233. The standard InChI is InChI=1S/C16H23N3O/c1-16(2,3)18-15(20)17-12-6-7-13-8-10-14(11-9-13)19(4)5/h8-11H,12H2,1-5H3,(H2,17,18,20). The fraction of sp³-hybridized carbons (Fsp3) is 0.438. The third-order valence-corrected chi connectivity index (χ3v) is 2.44. The number of hydrogen-bond acceptors (Lipinski definition) is 2. The van der Waals surface area contributed by atoms with Crippen molar-refractivity contribution in [3.63, 3.8) is 0 Å². The van der Waals surface area contributed by atoms with Crippen molar-refractivity contribution in [3.8, 4) is 11.8 Å². The molecule has 108 valence electrons. The van der Waals surface area contributed by atoms with Crippen molar-refractivity contribution in [2.24, 2.45) is 0 Å². The van der Waals surface area contributed by atoms with E-state index in [-0.39, 0.29) is 11.6 Å². The molecule has 2 N–H and O–H groups in total. The summed E-state index contributed by atoms with van der Waals surface area (Å²) in [6.45, 7) is 6.14. The van der Waals surface area contributed by atoms with Gasteiger partial charge in [-0.05, 0) is 45.0 Å². The SMILES string of the molecule is CN(C)c1ccc(C#CCNC(=O)NC(C)(C)C)cc1. The van der Waals surface area contributed by atoms with Crippen LogP contribution >= 0.6 is 0 Å². The van der Waals surface area contributed by atoms with Crippen LogP contribution in [0.15, 0.2) is 24.3 Å². The third-order valence-electron chi connectivity index (χ3n) is 2.44. The fourth-order valence-corrected chi connectivity index (χ4v) is 1.50. The summed E-state index contributed by atoms with van der Waals surface area (Å²) in [4.78, 5) is 13.5. The molecule has 0 saturated heterocycles. The zero-order valence-corrected chi connectivity index (χ0v) is 12.9. The van der Waals surface area contributed by atoms with Gasteiger partial charge in [0, 0.05) is 30.9 Å². The van der Waals surface area contributed by atoms with Crippen LogP contribution in [0.25, 0.3) is 0 Å². The minimum atomic E-state index is -0.237. The van der Waals surface area contributed by atoms with Crippen LogP contribution in [0, 0.1) is 11.8 Å². The molecule has 4 nitrogen and oxygen atoms in total. The number of urea groups is 1. The first kappa shape index (κ1) is 15.9. The first-order valence-electron chi connectivity index (χ1n) is 6.60. The molecule has 0 unspecified atom stereocenters. The highest BCUT2D eigenvalue weighted by Crippen LogP contribution is 2.11. The van der Waals surface area contributed by atoms with Crippen molar-refractivity contribution in [1.29, 1.82) is 0 Å². The molecule has 1 aromatic carbocycles. The summed E-state index contributed by atoms with van der Waals surface area (Å²) in [5, 5.41) is 5.52. The molecular weight excluding hydrogens is 250 g/mol. The minimum absolute atomic E-state index is 0.199. The Morgan fingerprint density at radius 3 is 2.30 bits per heavy atom. The molecular formula is C16H23N3O. The van der Waals surface area contributed by atoms with Crippen LogP contribution < -0.4 is 15.5 Å². The highest BCUT2D eigenvalue weighted by atomic mass is 16.2. The molecule has 0 saturated carbocycles. The smallest absolute Gasteiger partial charge is 0.315 e. The van der Waals surface area contributed by atoms with Crippen LogP contribution in [-0.2, 0) is 0 Å². The van der Waals surface area contributed by atoms with E-state index in [9.17, 15) is 4.79 Å². The second-order valence-corrected chi connectivity index (χ2v) is 5.80. The largest absolute Gasteiger partial charge is 0.378 e. The summed E-state index contributed by atoms with van der Waals surface area (Å²) in [6, 6.07) is 7.78. The maximum absolute atomic E-state index is 11.5. The van der Waals surface area contributed by atoms with E-state index in [0.29, 0.717) is 6.54 Å². The molecule has 0 aromatic heterocycles. The average Bonchev–Trinajstić information content (AvgIpc) is 2.33. The van der Waals surface area contributed by atoms with E-state index in [2.05, 4.69) is 22.5 Å². The van der Waals surface area contributed by atoms with Gasteiger partial charge in [-0.25, -0.2) is 4.79 Å². The molecule has 0 radical (unpaired) electrons. The van der Waals surface area contributed by atoms with Crippen molar-refractivity contribution in [2.75, 3.05) is 25.5 Å². The Hall–Kier alpha value is -2.15. The average molecular weight is 273 g/mol. The molecule has 0 aliphatic carbocycles. The first-order valence-corrected chi connectivity index (χ1v) is 6.60. The van der Waals surface area contributed by atoms with Gasteiger partial charge in [0.15, 0.2) is 0 Å². The lowest BCUT2D eigenvalue weighted by Gasteiger charge is -2.20. The van der Waals surface area contributed by atoms with Gasteiger partial charge >= 0.3 is 6.03 Å². The van der Waals surface area contributed by atoms with Crippen molar-refractivity contribution in [1.82, 2.24) is 10.6 Å². The van der Waals surface area contributed by atoms with Gasteiger partial charge < -0.3 is 15.5 Å². The summed E-state index contributed by atoms with van der Waals surface area (Å²) in [7, 11) is 4.00. The molecule has 2 amide bonds. The summed E-state index contributed by atoms with van der Waals surface area (Å²) in [6.07, 6.45) is 0. The molecule has 0 fully saturated rings. The number of anilines is 1. The molecule has 4 heteroatoms. The number of benzene rings is 1. The highest BCUT2D eigenvalue weighted by molar-refractivity contribution is 5.74. The number of hydrogen-bond donors (Lipinski definition) is 2. The predicted octanol–water partition coefficient (Wildman–Crippen LogP) is 2.20. The van der Waals surface area contributed by atoms with Gasteiger partial charge in [-0.2, -0.15) is 0 Å². The molecule has 0 bridgehead atoms. The Kier molecular flexibility index (Phi) is 5.45. The van der Waals surface area contributed by atoms with Crippen LogP contribution in [-0.4, -0.2) is 32.2 Å². The molecule has 0 heterocycles. The zero-order valence-electron chi connectivity index (χ0n) is 12.9. The molecule has 0 atom stereocenters. The van der Waals surface area contributed by atoms with E-state index in [1.807, 2.05) is 64.0 Å². The van der Waals surface area contributed by atoms with Crippen LogP contribution in [0.2, 0.25) is 0 Å². The summed E-state index contributed by atoms with van der Waals surface area (Å²) < 4.78 is 0. The van der Waals surface area contributed by atoms with Crippen molar-refractivity contribution in [3.05, 3.63) is 29.8 Å². The quantitative estimate of drug-likeness (QED) is 0.811. The first-order chi connectivity index (χ1) is 9.28. The number of nitrogens with zero attached hydrogens (tertiary/aromatic N) is 1. The monoisotopic (exact) mass is 273 g/mol. The van der Waals surface area contributed by atoms with E-state index in [1.165, 1.54) is 0 Å². The highest BCUT2D eigenvalue weighted by Gasteiger charge is 2.12. The van der Waals surface area contributed by atoms with Gasteiger partial charge in [0.2, 0.25) is 0 Å². The number of carbonyl (C=O) groups excluding carboxylic acids is 1. The van der Waals surface area contributed by atoms with Crippen LogP contribution in [0.1, 0.15) is 26.3 Å². The van der Waals surface area contributed by atoms with Crippen molar-refractivity contribution >= 4 is 11.7 Å². The van der Waals surface area contributed by atoms with Gasteiger partial charge in [0.05, 0.1) is 6.54 Å². The molecule has 20 heavy (non-hydrogen) atoms. The molecule has 0 aliphatic rings. The number of amides is 2. The van der Waals surface area contributed by atoms with E-state index < -0.39 is 0 Å². The van der Waals surface area contributed by atoms with Crippen LogP contribution in [0.4, 0.5) is 10.5 Å². The second-order valence-electron chi connectivity index (χ2n) is 5.80. The second kappa shape index (κ2) is 6.85. The lowest BCUT2D eigenvalue weighted by atomic mass is 10.1. The summed E-state index contributed by atoms with van der Waals surface area (Å²) in [5.74, 6) is 5.95. The van der Waals surface area contributed by atoms with E-state index in [0.717, 1.165) is 11.3 Å². The van der Waals surface area contributed by atoms with E-state index in [1.54, 1.807) is 0 Å². The van der Waals surface area contributed by atoms with Crippen LogP contribution in [0.5, 0.6) is 0 Å². The van der Waals surface area contributed by atoms with E-state index in [4.69, 9.17) is 0 Å². The Balaban J connectivity index is 2.45. The number of rotatable bonds is 2. The van der Waals surface area contributed by atoms with Gasteiger partial charge in [-0.3, -0.25) is 0 Å². The van der Waals surface area contributed by atoms with Gasteiger partial charge in [0.1, 0.15) is 0 Å². The Bertz CT molecular complexity index is 501. The number of nitrogens with one attached hydrogen (secondary N) is 2. The Morgan fingerprint density at radius 2 is 1.80 bits per heavy atom.